The molecule has 22 heavy (non-hydrogen) atoms. The van der Waals surface area contributed by atoms with Gasteiger partial charge in [0, 0.05) is 22.4 Å². The van der Waals surface area contributed by atoms with Crippen LogP contribution in [0.4, 0.5) is 0 Å². The van der Waals surface area contributed by atoms with E-state index >= 15 is 0 Å². The van der Waals surface area contributed by atoms with E-state index < -0.39 is 0 Å². The fraction of sp³-hybridized carbons (Fsp3) is 0.118. The highest BCUT2D eigenvalue weighted by molar-refractivity contribution is 7.98. The van der Waals surface area contributed by atoms with Crippen molar-refractivity contribution in [3.8, 4) is 22.8 Å². The van der Waals surface area contributed by atoms with Crippen molar-refractivity contribution in [2.75, 3.05) is 6.26 Å². The summed E-state index contributed by atoms with van der Waals surface area (Å²) in [6, 6.07) is 15.3. The van der Waals surface area contributed by atoms with Crippen LogP contribution in [0.3, 0.4) is 0 Å². The Morgan fingerprint density at radius 1 is 1.05 bits per heavy atom. The van der Waals surface area contributed by atoms with E-state index in [2.05, 4.69) is 17.3 Å². The van der Waals surface area contributed by atoms with Crippen LogP contribution in [0, 0.1) is 6.92 Å². The van der Waals surface area contributed by atoms with Gasteiger partial charge in [0.05, 0.1) is 0 Å². The van der Waals surface area contributed by atoms with Gasteiger partial charge < -0.3 is 9.26 Å². The molecule has 1 heterocycles. The molecular weight excluding hydrogens is 318 g/mol. The number of rotatable bonds is 4. The zero-order valence-corrected chi connectivity index (χ0v) is 13.7. The molecule has 0 amide bonds. The van der Waals surface area contributed by atoms with Crippen LogP contribution in [-0.4, -0.2) is 11.4 Å². The molecular formula is C17H14ClNO2S. The molecule has 1 aromatic heterocycles. The van der Waals surface area contributed by atoms with Crippen molar-refractivity contribution >= 4 is 23.4 Å². The quantitative estimate of drug-likeness (QED) is 0.564. The van der Waals surface area contributed by atoms with Gasteiger partial charge in [-0.1, -0.05) is 28.9 Å². The van der Waals surface area contributed by atoms with Gasteiger partial charge in [0.25, 0.3) is 0 Å². The Hall–Kier alpha value is -1.91. The first-order valence-electron chi connectivity index (χ1n) is 6.71. The highest BCUT2D eigenvalue weighted by Gasteiger charge is 2.17. The molecule has 0 saturated carbocycles. The molecule has 0 aliphatic rings. The first kappa shape index (κ1) is 15.0. The van der Waals surface area contributed by atoms with E-state index in [4.69, 9.17) is 20.9 Å². The molecule has 0 saturated heterocycles. The van der Waals surface area contributed by atoms with Gasteiger partial charge in [0.1, 0.15) is 5.75 Å². The van der Waals surface area contributed by atoms with E-state index in [1.165, 1.54) is 4.90 Å². The standard InChI is InChI=1S/C17H14ClNO2S/c1-11-17(20-14-7-5-13(18)6-8-14)16(19-21-11)12-3-9-15(22-2)10-4-12/h3-10H,1-2H3. The molecule has 0 aliphatic heterocycles. The molecule has 0 fully saturated rings. The summed E-state index contributed by atoms with van der Waals surface area (Å²) < 4.78 is 11.2. The van der Waals surface area contributed by atoms with Crippen LogP contribution in [0.2, 0.25) is 5.02 Å². The molecule has 3 nitrogen and oxygen atoms in total. The number of benzene rings is 2. The van der Waals surface area contributed by atoms with Gasteiger partial charge in [-0.3, -0.25) is 0 Å². The zero-order valence-electron chi connectivity index (χ0n) is 12.2. The van der Waals surface area contributed by atoms with Gasteiger partial charge in [0.2, 0.25) is 0 Å². The Morgan fingerprint density at radius 3 is 2.36 bits per heavy atom. The molecule has 0 radical (unpaired) electrons. The average Bonchev–Trinajstić information content (AvgIpc) is 2.91. The molecule has 5 heteroatoms. The number of halogens is 1. The number of hydrogen-bond acceptors (Lipinski definition) is 4. The van der Waals surface area contributed by atoms with Crippen molar-refractivity contribution in [3.05, 3.63) is 59.3 Å². The van der Waals surface area contributed by atoms with Crippen LogP contribution in [0.15, 0.2) is 57.9 Å². The number of nitrogens with zero attached hydrogens (tertiary/aromatic N) is 1. The smallest absolute Gasteiger partial charge is 0.197 e. The molecule has 3 aromatic rings. The normalized spacial score (nSPS) is 10.7. The molecule has 0 atom stereocenters. The van der Waals surface area contributed by atoms with Crippen molar-refractivity contribution in [2.45, 2.75) is 11.8 Å². The predicted molar refractivity (Wildman–Crippen MR) is 90.0 cm³/mol. The second-order valence-corrected chi connectivity index (χ2v) is 6.02. The van der Waals surface area contributed by atoms with Gasteiger partial charge in [-0.15, -0.1) is 11.8 Å². The summed E-state index contributed by atoms with van der Waals surface area (Å²) in [4.78, 5) is 1.20. The number of hydrogen-bond donors (Lipinski definition) is 0. The van der Waals surface area contributed by atoms with Crippen LogP contribution >= 0.6 is 23.4 Å². The van der Waals surface area contributed by atoms with Gasteiger partial charge in [-0.05, 0) is 42.7 Å². The van der Waals surface area contributed by atoms with Crippen molar-refractivity contribution < 1.29 is 9.26 Å². The zero-order chi connectivity index (χ0) is 15.5. The second kappa shape index (κ2) is 6.46. The molecule has 3 rings (SSSR count). The molecule has 112 valence electrons. The molecule has 2 aromatic carbocycles. The molecule has 0 spiro atoms. The summed E-state index contributed by atoms with van der Waals surface area (Å²) in [6.45, 7) is 1.83. The van der Waals surface area contributed by atoms with Crippen molar-refractivity contribution in [3.63, 3.8) is 0 Å². The summed E-state index contributed by atoms with van der Waals surface area (Å²) in [6.07, 6.45) is 2.05. The Labute approximate surface area is 138 Å². The van der Waals surface area contributed by atoms with E-state index in [1.807, 2.05) is 37.4 Å². The van der Waals surface area contributed by atoms with Crippen LogP contribution in [0.1, 0.15) is 5.76 Å². The maximum atomic E-state index is 5.93. The van der Waals surface area contributed by atoms with E-state index in [0.717, 1.165) is 5.56 Å². The number of thioether (sulfide) groups is 1. The maximum absolute atomic E-state index is 5.93. The van der Waals surface area contributed by atoms with Crippen molar-refractivity contribution in [2.24, 2.45) is 0 Å². The van der Waals surface area contributed by atoms with E-state index in [-0.39, 0.29) is 0 Å². The minimum Gasteiger partial charge on any atom is -0.451 e. The van der Waals surface area contributed by atoms with Gasteiger partial charge in [-0.25, -0.2) is 0 Å². The summed E-state index contributed by atoms with van der Waals surface area (Å²) in [5.74, 6) is 1.95. The fourth-order valence-corrected chi connectivity index (χ4v) is 2.57. The lowest BCUT2D eigenvalue weighted by molar-refractivity contribution is 0.387. The predicted octanol–water partition coefficient (Wildman–Crippen LogP) is 5.82. The van der Waals surface area contributed by atoms with Crippen LogP contribution in [0.5, 0.6) is 11.5 Å². The van der Waals surface area contributed by atoms with Gasteiger partial charge in [-0.2, -0.15) is 0 Å². The summed E-state index contributed by atoms with van der Waals surface area (Å²) in [5, 5.41) is 4.79. The topological polar surface area (TPSA) is 35.3 Å². The lowest BCUT2D eigenvalue weighted by atomic mass is 10.1. The monoisotopic (exact) mass is 331 g/mol. The summed E-state index contributed by atoms with van der Waals surface area (Å²) >= 11 is 7.59. The molecule has 0 aliphatic carbocycles. The third-order valence-electron chi connectivity index (χ3n) is 3.21. The maximum Gasteiger partial charge on any atom is 0.197 e. The number of ether oxygens (including phenoxy) is 1. The minimum atomic E-state index is 0.624. The average molecular weight is 332 g/mol. The Balaban J connectivity index is 1.94. The minimum absolute atomic E-state index is 0.624. The Bertz CT molecular complexity index is 766. The number of aryl methyl sites for hydroxylation is 1. The first-order chi connectivity index (χ1) is 10.7. The SMILES string of the molecule is CSc1ccc(-c2noc(C)c2Oc2ccc(Cl)cc2)cc1. The van der Waals surface area contributed by atoms with Gasteiger partial charge in [0.15, 0.2) is 17.2 Å². The highest BCUT2D eigenvalue weighted by atomic mass is 35.5. The second-order valence-electron chi connectivity index (χ2n) is 4.70. The molecule has 0 unspecified atom stereocenters. The first-order valence-corrected chi connectivity index (χ1v) is 8.32. The van der Waals surface area contributed by atoms with E-state index in [0.29, 0.717) is 28.0 Å². The lowest BCUT2D eigenvalue weighted by Gasteiger charge is -2.06. The molecule has 0 N–H and O–H groups in total. The molecule has 0 bridgehead atoms. The van der Waals surface area contributed by atoms with Crippen molar-refractivity contribution in [1.29, 1.82) is 0 Å². The Morgan fingerprint density at radius 2 is 1.73 bits per heavy atom. The van der Waals surface area contributed by atoms with Crippen LogP contribution < -0.4 is 4.74 Å². The van der Waals surface area contributed by atoms with Crippen LogP contribution in [-0.2, 0) is 0 Å². The van der Waals surface area contributed by atoms with Crippen molar-refractivity contribution in [1.82, 2.24) is 5.16 Å². The van der Waals surface area contributed by atoms with E-state index in [1.54, 1.807) is 23.9 Å². The lowest BCUT2D eigenvalue weighted by Crippen LogP contribution is -1.88. The van der Waals surface area contributed by atoms with Crippen LogP contribution in [0.25, 0.3) is 11.3 Å². The third-order valence-corrected chi connectivity index (χ3v) is 4.20. The Kier molecular flexibility index (Phi) is 4.41. The van der Waals surface area contributed by atoms with E-state index in [9.17, 15) is 0 Å². The number of aromatic nitrogens is 1. The highest BCUT2D eigenvalue weighted by Crippen LogP contribution is 2.36. The fourth-order valence-electron chi connectivity index (χ4n) is 2.04. The van der Waals surface area contributed by atoms with Gasteiger partial charge >= 0.3 is 0 Å². The summed E-state index contributed by atoms with van der Waals surface area (Å²) in [7, 11) is 0. The largest absolute Gasteiger partial charge is 0.451 e. The summed E-state index contributed by atoms with van der Waals surface area (Å²) in [5.41, 5.74) is 1.65. The third kappa shape index (κ3) is 3.13.